The molecule has 1 saturated heterocycles. The summed E-state index contributed by atoms with van der Waals surface area (Å²) in [6.45, 7) is -1.61. The highest BCUT2D eigenvalue weighted by atomic mass is 19.4. The average molecular weight is 320 g/mol. The number of benzene rings is 1. The lowest BCUT2D eigenvalue weighted by molar-refractivity contribution is -0.139. The van der Waals surface area contributed by atoms with E-state index in [1.165, 1.54) is 24.4 Å². The molecule has 0 amide bonds. The number of halogens is 5. The Morgan fingerprint density at radius 1 is 1.27 bits per heavy atom. The quantitative estimate of drug-likeness (QED) is 0.879. The molecule has 1 fully saturated rings. The SMILES string of the molecule is FC(F)(F)Cn1ccc2ccc(O[C@H]3CNCC3(F)F)cc21. The number of nitrogens with one attached hydrogen (secondary N) is 1. The number of ether oxygens (including phenoxy) is 1. The molecule has 0 unspecified atom stereocenters. The summed E-state index contributed by atoms with van der Waals surface area (Å²) in [7, 11) is 0. The van der Waals surface area contributed by atoms with Crippen molar-refractivity contribution in [2.75, 3.05) is 13.1 Å². The van der Waals surface area contributed by atoms with E-state index >= 15 is 0 Å². The number of hydrogen-bond donors (Lipinski definition) is 1. The van der Waals surface area contributed by atoms with Crippen LogP contribution in [0.3, 0.4) is 0 Å². The lowest BCUT2D eigenvalue weighted by atomic mass is 10.2. The topological polar surface area (TPSA) is 26.2 Å². The summed E-state index contributed by atoms with van der Waals surface area (Å²) in [4.78, 5) is 0. The smallest absolute Gasteiger partial charge is 0.406 e. The average Bonchev–Trinajstić information content (AvgIpc) is 2.93. The number of nitrogens with zero attached hydrogens (tertiary/aromatic N) is 1. The van der Waals surface area contributed by atoms with E-state index in [9.17, 15) is 22.0 Å². The first-order chi connectivity index (χ1) is 10.2. The maximum atomic E-state index is 13.5. The van der Waals surface area contributed by atoms with Gasteiger partial charge in [0.25, 0.3) is 5.92 Å². The Labute approximate surface area is 122 Å². The Bertz CT molecular complexity index is 679. The molecular formula is C14H13F5N2O. The zero-order valence-corrected chi connectivity index (χ0v) is 11.3. The van der Waals surface area contributed by atoms with E-state index in [0.717, 1.165) is 4.57 Å². The number of fused-ring (bicyclic) bond motifs is 1. The van der Waals surface area contributed by atoms with Crippen LogP contribution in [0, 0.1) is 0 Å². The molecule has 2 aromatic rings. The van der Waals surface area contributed by atoms with Crippen molar-refractivity contribution in [3.8, 4) is 5.75 Å². The Morgan fingerprint density at radius 2 is 2.05 bits per heavy atom. The highest BCUT2D eigenvalue weighted by molar-refractivity contribution is 5.81. The zero-order chi connectivity index (χ0) is 16.0. The van der Waals surface area contributed by atoms with Gasteiger partial charge in [-0.3, -0.25) is 0 Å². The second kappa shape index (κ2) is 5.12. The van der Waals surface area contributed by atoms with Crippen LogP contribution in [-0.2, 0) is 6.54 Å². The van der Waals surface area contributed by atoms with Crippen LogP contribution >= 0.6 is 0 Å². The van der Waals surface area contributed by atoms with Crippen LogP contribution in [0.4, 0.5) is 22.0 Å². The fraction of sp³-hybridized carbons (Fsp3) is 0.429. The number of rotatable bonds is 3. The summed E-state index contributed by atoms with van der Waals surface area (Å²) in [5, 5.41) is 3.12. The monoisotopic (exact) mass is 320 g/mol. The normalized spacial score (nSPS) is 21.4. The van der Waals surface area contributed by atoms with Gasteiger partial charge in [0.2, 0.25) is 0 Å². The zero-order valence-electron chi connectivity index (χ0n) is 11.3. The van der Waals surface area contributed by atoms with Crippen LogP contribution in [0.15, 0.2) is 30.5 Å². The molecule has 1 N–H and O–H groups in total. The van der Waals surface area contributed by atoms with Gasteiger partial charge in [0.05, 0.1) is 12.1 Å². The number of aromatic nitrogens is 1. The Morgan fingerprint density at radius 3 is 2.68 bits per heavy atom. The summed E-state index contributed by atoms with van der Waals surface area (Å²) in [5.41, 5.74) is 0.295. The van der Waals surface area contributed by atoms with Gasteiger partial charge in [-0.1, -0.05) is 0 Å². The third-order valence-corrected chi connectivity index (χ3v) is 3.53. The Hall–Kier alpha value is -1.83. The lowest BCUT2D eigenvalue weighted by Gasteiger charge is -2.19. The minimum atomic E-state index is -4.36. The van der Waals surface area contributed by atoms with Crippen molar-refractivity contribution in [3.63, 3.8) is 0 Å². The van der Waals surface area contributed by atoms with Crippen LogP contribution in [0.1, 0.15) is 0 Å². The van der Waals surface area contributed by atoms with Crippen LogP contribution < -0.4 is 10.1 Å². The second-order valence-electron chi connectivity index (χ2n) is 5.28. The summed E-state index contributed by atoms with van der Waals surface area (Å²) in [5.74, 6) is -2.87. The van der Waals surface area contributed by atoms with E-state index in [0.29, 0.717) is 10.9 Å². The summed E-state index contributed by atoms with van der Waals surface area (Å²) >= 11 is 0. The van der Waals surface area contributed by atoms with Crippen molar-refractivity contribution in [2.45, 2.75) is 24.7 Å². The van der Waals surface area contributed by atoms with E-state index in [1.807, 2.05) is 0 Å². The number of alkyl halides is 5. The molecule has 0 bridgehead atoms. The fourth-order valence-corrected chi connectivity index (χ4v) is 2.49. The molecule has 0 aliphatic carbocycles. The summed E-state index contributed by atoms with van der Waals surface area (Å²) < 4.78 is 70.8. The van der Waals surface area contributed by atoms with Crippen molar-refractivity contribution in [1.82, 2.24) is 9.88 Å². The van der Waals surface area contributed by atoms with Gasteiger partial charge in [-0.2, -0.15) is 13.2 Å². The molecular weight excluding hydrogens is 307 g/mol. The van der Waals surface area contributed by atoms with Gasteiger partial charge in [0.15, 0.2) is 6.10 Å². The molecule has 22 heavy (non-hydrogen) atoms. The first-order valence-corrected chi connectivity index (χ1v) is 6.65. The summed E-state index contributed by atoms with van der Waals surface area (Å²) in [6, 6.07) is 5.93. The standard InChI is InChI=1S/C14H13F5N2O/c15-13(16)7-20-6-12(13)22-10-2-1-9-3-4-21(11(9)5-10)8-14(17,18)19/h1-5,12,20H,6-8H2/t12-/m0/s1. The van der Waals surface area contributed by atoms with E-state index in [4.69, 9.17) is 4.74 Å². The Balaban J connectivity index is 1.87. The molecule has 0 spiro atoms. The predicted molar refractivity (Wildman–Crippen MR) is 70.2 cm³/mol. The maximum absolute atomic E-state index is 13.5. The lowest BCUT2D eigenvalue weighted by Crippen LogP contribution is -2.36. The minimum absolute atomic E-state index is 0.00536. The Kier molecular flexibility index (Phi) is 3.51. The molecule has 1 aliphatic rings. The van der Waals surface area contributed by atoms with E-state index in [1.54, 1.807) is 6.07 Å². The largest absolute Gasteiger partial charge is 0.483 e. The first kappa shape index (κ1) is 15.1. The van der Waals surface area contributed by atoms with Gasteiger partial charge < -0.3 is 14.6 Å². The second-order valence-corrected chi connectivity index (χ2v) is 5.28. The van der Waals surface area contributed by atoms with Gasteiger partial charge >= 0.3 is 6.18 Å². The molecule has 1 aromatic heterocycles. The first-order valence-electron chi connectivity index (χ1n) is 6.65. The van der Waals surface area contributed by atoms with Crippen molar-refractivity contribution >= 4 is 10.9 Å². The maximum Gasteiger partial charge on any atom is 0.406 e. The molecule has 1 aromatic carbocycles. The van der Waals surface area contributed by atoms with Gasteiger partial charge in [-0.05, 0) is 23.6 Å². The molecule has 8 heteroatoms. The van der Waals surface area contributed by atoms with Crippen molar-refractivity contribution in [2.24, 2.45) is 0 Å². The van der Waals surface area contributed by atoms with E-state index < -0.39 is 31.3 Å². The van der Waals surface area contributed by atoms with Crippen LogP contribution in [-0.4, -0.2) is 35.9 Å². The molecule has 0 radical (unpaired) electrons. The molecule has 3 nitrogen and oxygen atoms in total. The molecule has 120 valence electrons. The van der Waals surface area contributed by atoms with Crippen LogP contribution in [0.5, 0.6) is 5.75 Å². The van der Waals surface area contributed by atoms with Crippen molar-refractivity contribution in [1.29, 1.82) is 0 Å². The molecule has 1 aliphatic heterocycles. The van der Waals surface area contributed by atoms with Crippen molar-refractivity contribution in [3.05, 3.63) is 30.5 Å². The molecule has 0 saturated carbocycles. The highest BCUT2D eigenvalue weighted by Crippen LogP contribution is 2.30. The van der Waals surface area contributed by atoms with Gasteiger partial charge in [0.1, 0.15) is 12.3 Å². The van der Waals surface area contributed by atoms with E-state index in [2.05, 4.69) is 5.32 Å². The third kappa shape index (κ3) is 3.01. The van der Waals surface area contributed by atoms with Crippen molar-refractivity contribution < 1.29 is 26.7 Å². The predicted octanol–water partition coefficient (Wildman–Crippen LogP) is 3.19. The fourth-order valence-electron chi connectivity index (χ4n) is 2.49. The minimum Gasteiger partial charge on any atom is -0.483 e. The molecule has 2 heterocycles. The van der Waals surface area contributed by atoms with Gasteiger partial charge in [0, 0.05) is 18.8 Å². The third-order valence-electron chi connectivity index (χ3n) is 3.53. The van der Waals surface area contributed by atoms with Crippen LogP contribution in [0.2, 0.25) is 0 Å². The number of hydrogen-bond acceptors (Lipinski definition) is 2. The highest BCUT2D eigenvalue weighted by Gasteiger charge is 2.46. The summed E-state index contributed by atoms with van der Waals surface area (Å²) in [6.07, 6.45) is -4.37. The van der Waals surface area contributed by atoms with E-state index in [-0.39, 0.29) is 12.3 Å². The molecule has 3 rings (SSSR count). The van der Waals surface area contributed by atoms with Gasteiger partial charge in [-0.25, -0.2) is 8.78 Å². The van der Waals surface area contributed by atoms with Crippen LogP contribution in [0.25, 0.3) is 10.9 Å². The van der Waals surface area contributed by atoms with Gasteiger partial charge in [-0.15, -0.1) is 0 Å². The molecule has 1 atom stereocenters.